The molecule has 0 saturated heterocycles. The molecule has 0 N–H and O–H groups in total. The smallest absolute Gasteiger partial charge is 0.308 e. The van der Waals surface area contributed by atoms with E-state index in [1.807, 2.05) is 22.6 Å². The van der Waals surface area contributed by atoms with Gasteiger partial charge in [-0.25, -0.2) is 0 Å². The van der Waals surface area contributed by atoms with E-state index in [4.69, 9.17) is 21.1 Å². The molecule has 0 aliphatic carbocycles. The second kappa shape index (κ2) is 5.49. The van der Waals surface area contributed by atoms with Crippen molar-refractivity contribution in [3.63, 3.8) is 0 Å². The lowest BCUT2D eigenvalue weighted by atomic mass is 10.3. The number of carbonyl (C=O) groups excluding carboxylic acids is 2. The van der Waals surface area contributed by atoms with Gasteiger partial charge in [0.2, 0.25) is 0 Å². The summed E-state index contributed by atoms with van der Waals surface area (Å²) < 4.78 is 10.5. The van der Waals surface area contributed by atoms with Crippen LogP contribution < -0.4 is 9.47 Å². The normalized spacial score (nSPS) is 9.75. The molecule has 0 radical (unpaired) electrons. The summed E-state index contributed by atoms with van der Waals surface area (Å²) in [6, 6.07) is 3.16. The van der Waals surface area contributed by atoms with Crippen LogP contribution in [-0.2, 0) is 9.59 Å². The second-order valence-corrected chi connectivity index (χ2v) is 4.53. The summed E-state index contributed by atoms with van der Waals surface area (Å²) in [7, 11) is 0. The molecule has 0 aliphatic rings. The zero-order valence-corrected chi connectivity index (χ0v) is 11.5. The topological polar surface area (TPSA) is 52.6 Å². The average Bonchev–Trinajstić information content (AvgIpc) is 2.11. The molecule has 1 aromatic carbocycles. The minimum Gasteiger partial charge on any atom is -0.425 e. The molecule has 0 spiro atoms. The van der Waals surface area contributed by atoms with Gasteiger partial charge in [-0.1, -0.05) is 11.6 Å². The first-order valence-corrected chi connectivity index (χ1v) is 5.71. The maximum Gasteiger partial charge on any atom is 0.308 e. The predicted octanol–water partition coefficient (Wildman–Crippen LogP) is 2.80. The van der Waals surface area contributed by atoms with E-state index in [2.05, 4.69) is 0 Å². The summed E-state index contributed by atoms with van der Waals surface area (Å²) in [5, 5.41) is 0.103. The number of carbonyl (C=O) groups is 2. The van der Waals surface area contributed by atoms with Crippen molar-refractivity contribution in [3.8, 4) is 11.5 Å². The van der Waals surface area contributed by atoms with Crippen molar-refractivity contribution >= 4 is 46.1 Å². The summed E-state index contributed by atoms with van der Waals surface area (Å²) in [6.45, 7) is 2.53. The number of hydrogen-bond acceptors (Lipinski definition) is 4. The van der Waals surface area contributed by atoms with Gasteiger partial charge in [-0.15, -0.1) is 0 Å². The third-order valence-corrected chi connectivity index (χ3v) is 2.47. The van der Waals surface area contributed by atoms with E-state index >= 15 is 0 Å². The van der Waals surface area contributed by atoms with E-state index < -0.39 is 11.9 Å². The maximum atomic E-state index is 10.8. The summed E-state index contributed by atoms with van der Waals surface area (Å²) in [5.41, 5.74) is 0. The molecule has 0 unspecified atom stereocenters. The van der Waals surface area contributed by atoms with E-state index in [1.165, 1.54) is 13.8 Å². The van der Waals surface area contributed by atoms with Gasteiger partial charge in [0.1, 0.15) is 5.02 Å². The fraction of sp³-hybridized carbons (Fsp3) is 0.200. The fourth-order valence-electron chi connectivity index (χ4n) is 0.999. The Kier molecular flexibility index (Phi) is 4.55. The molecule has 86 valence electrons. The van der Waals surface area contributed by atoms with Gasteiger partial charge in [0, 0.05) is 17.4 Å². The van der Waals surface area contributed by atoms with Gasteiger partial charge in [0.25, 0.3) is 0 Å². The van der Waals surface area contributed by atoms with Gasteiger partial charge in [0.05, 0.1) is 0 Å². The highest BCUT2D eigenvalue weighted by Gasteiger charge is 2.13. The van der Waals surface area contributed by atoms with Crippen molar-refractivity contribution in [2.24, 2.45) is 0 Å². The number of ether oxygens (including phenoxy) is 2. The average molecular weight is 355 g/mol. The Labute approximate surface area is 111 Å². The second-order valence-electron chi connectivity index (χ2n) is 2.90. The quantitative estimate of drug-likeness (QED) is 0.466. The Morgan fingerprint density at radius 1 is 1.12 bits per heavy atom. The lowest BCUT2D eigenvalue weighted by Crippen LogP contribution is -2.05. The zero-order chi connectivity index (χ0) is 12.3. The molecule has 0 aromatic heterocycles. The molecule has 0 amide bonds. The Morgan fingerprint density at radius 2 is 1.50 bits per heavy atom. The highest BCUT2D eigenvalue weighted by molar-refractivity contribution is 14.1. The molecule has 0 bridgehead atoms. The first-order chi connectivity index (χ1) is 7.40. The third kappa shape index (κ3) is 3.64. The molecule has 0 saturated carbocycles. The van der Waals surface area contributed by atoms with Crippen LogP contribution in [-0.4, -0.2) is 11.9 Å². The molecule has 0 heterocycles. The number of rotatable bonds is 2. The van der Waals surface area contributed by atoms with Crippen molar-refractivity contribution in [2.45, 2.75) is 13.8 Å². The van der Waals surface area contributed by atoms with E-state index in [0.29, 0.717) is 0 Å². The van der Waals surface area contributed by atoms with Gasteiger partial charge in [-0.05, 0) is 34.7 Å². The van der Waals surface area contributed by atoms with Gasteiger partial charge < -0.3 is 9.47 Å². The maximum absolute atomic E-state index is 10.8. The van der Waals surface area contributed by atoms with Crippen molar-refractivity contribution in [3.05, 3.63) is 20.7 Å². The minimum absolute atomic E-state index is 0.103. The molecule has 4 nitrogen and oxygen atoms in total. The Morgan fingerprint density at radius 3 is 1.81 bits per heavy atom. The highest BCUT2D eigenvalue weighted by atomic mass is 127. The predicted molar refractivity (Wildman–Crippen MR) is 66.8 cm³/mol. The van der Waals surface area contributed by atoms with Crippen LogP contribution in [0.1, 0.15) is 13.8 Å². The molecule has 16 heavy (non-hydrogen) atoms. The fourth-order valence-corrected chi connectivity index (χ4v) is 1.75. The largest absolute Gasteiger partial charge is 0.425 e. The molecule has 6 heteroatoms. The van der Waals surface area contributed by atoms with Gasteiger partial charge in [0.15, 0.2) is 11.5 Å². The van der Waals surface area contributed by atoms with Crippen LogP contribution in [0.5, 0.6) is 11.5 Å². The van der Waals surface area contributed by atoms with Crippen LogP contribution in [0.4, 0.5) is 0 Å². The highest BCUT2D eigenvalue weighted by Crippen LogP contribution is 2.36. The molecule has 0 aliphatic heterocycles. The molecular weight excluding hydrogens is 346 g/mol. The Bertz CT molecular complexity index is 407. The first kappa shape index (κ1) is 13.2. The van der Waals surface area contributed by atoms with Crippen LogP contribution in [0.2, 0.25) is 5.02 Å². The number of esters is 2. The SMILES string of the molecule is CC(=O)Oc1cc(I)cc(OC(C)=O)c1Cl. The monoisotopic (exact) mass is 354 g/mol. The zero-order valence-electron chi connectivity index (χ0n) is 8.54. The van der Waals surface area contributed by atoms with Crippen molar-refractivity contribution in [1.29, 1.82) is 0 Å². The number of halogens is 2. The van der Waals surface area contributed by atoms with E-state index in [-0.39, 0.29) is 16.5 Å². The Hall–Kier alpha value is -0.820. The Balaban J connectivity index is 3.14. The molecular formula is C10H8ClIO4. The van der Waals surface area contributed by atoms with E-state index in [9.17, 15) is 9.59 Å². The minimum atomic E-state index is -0.488. The van der Waals surface area contributed by atoms with E-state index in [1.54, 1.807) is 12.1 Å². The summed E-state index contributed by atoms with van der Waals surface area (Å²) in [4.78, 5) is 21.6. The summed E-state index contributed by atoms with van der Waals surface area (Å²) in [6.07, 6.45) is 0. The molecule has 1 rings (SSSR count). The standard InChI is InChI=1S/C10H8ClIO4/c1-5(13)15-8-3-7(12)4-9(10(8)11)16-6(2)14/h3-4H,1-2H3. The van der Waals surface area contributed by atoms with Crippen LogP contribution in [0.25, 0.3) is 0 Å². The van der Waals surface area contributed by atoms with Crippen LogP contribution in [0, 0.1) is 3.57 Å². The molecule has 0 atom stereocenters. The number of hydrogen-bond donors (Lipinski definition) is 0. The lowest BCUT2D eigenvalue weighted by Gasteiger charge is -2.09. The number of benzene rings is 1. The van der Waals surface area contributed by atoms with Crippen LogP contribution in [0.3, 0.4) is 0 Å². The van der Waals surface area contributed by atoms with Crippen LogP contribution >= 0.6 is 34.2 Å². The van der Waals surface area contributed by atoms with Crippen LogP contribution in [0.15, 0.2) is 12.1 Å². The van der Waals surface area contributed by atoms with Crippen molar-refractivity contribution < 1.29 is 19.1 Å². The third-order valence-electron chi connectivity index (χ3n) is 1.48. The summed E-state index contributed by atoms with van der Waals surface area (Å²) in [5.74, 6) is -0.620. The van der Waals surface area contributed by atoms with Crippen molar-refractivity contribution in [1.82, 2.24) is 0 Å². The van der Waals surface area contributed by atoms with Gasteiger partial charge in [-0.2, -0.15) is 0 Å². The molecule has 1 aromatic rings. The van der Waals surface area contributed by atoms with E-state index in [0.717, 1.165) is 3.57 Å². The molecule has 0 fully saturated rings. The van der Waals surface area contributed by atoms with Gasteiger partial charge >= 0.3 is 11.9 Å². The van der Waals surface area contributed by atoms with Crippen molar-refractivity contribution in [2.75, 3.05) is 0 Å². The first-order valence-electron chi connectivity index (χ1n) is 4.26. The lowest BCUT2D eigenvalue weighted by molar-refractivity contribution is -0.132. The summed E-state index contributed by atoms with van der Waals surface area (Å²) >= 11 is 7.91. The van der Waals surface area contributed by atoms with Gasteiger partial charge in [-0.3, -0.25) is 9.59 Å².